The molecule has 9 aromatic rings. The monoisotopic (exact) mass is 1040 g/mol. The molecule has 3 aliphatic heterocycles. The van der Waals surface area contributed by atoms with E-state index in [0.29, 0.717) is 0 Å². The van der Waals surface area contributed by atoms with Crippen molar-refractivity contribution in [2.75, 3.05) is 14.7 Å². The van der Waals surface area contributed by atoms with E-state index in [-0.39, 0.29) is 39.2 Å². The minimum Gasteiger partial charge on any atom is -0.468 e. The van der Waals surface area contributed by atoms with Crippen LogP contribution in [0.1, 0.15) is 169 Å². The van der Waals surface area contributed by atoms with Gasteiger partial charge in [-0.25, -0.2) is 0 Å². The van der Waals surface area contributed by atoms with Gasteiger partial charge in [0.1, 0.15) is 11.2 Å². The van der Waals surface area contributed by atoms with E-state index in [1.807, 2.05) is 11.3 Å². The van der Waals surface area contributed by atoms with Gasteiger partial charge in [-0.3, -0.25) is 0 Å². The lowest BCUT2D eigenvalue weighted by Crippen LogP contribution is -2.60. The number of nitrogens with zero attached hydrogens (tertiary/aromatic N) is 3. The van der Waals surface area contributed by atoms with Crippen LogP contribution in [-0.4, -0.2) is 6.71 Å². The maximum Gasteiger partial charge on any atom is 0.309 e. The first-order valence-electron chi connectivity index (χ1n) is 28.7. The Morgan fingerprint density at radius 2 is 0.974 bits per heavy atom. The van der Waals surface area contributed by atoms with Gasteiger partial charge < -0.3 is 19.1 Å². The second-order valence-electron chi connectivity index (χ2n) is 29.0. The fourth-order valence-corrected chi connectivity index (χ4v) is 15.2. The lowest BCUT2D eigenvalue weighted by atomic mass is 9.38. The Hall–Kier alpha value is -6.50. The summed E-state index contributed by atoms with van der Waals surface area (Å²) in [5, 5.41) is 2.43. The Morgan fingerprint density at radius 1 is 0.474 bits per heavy atom. The number of rotatable bonds is 3. The van der Waals surface area contributed by atoms with E-state index >= 15 is 0 Å². The molecule has 7 aromatic carbocycles. The Morgan fingerprint density at radius 3 is 1.55 bits per heavy atom. The summed E-state index contributed by atoms with van der Waals surface area (Å²) in [7, 11) is 0. The molecule has 0 spiro atoms. The Kier molecular flexibility index (Phi) is 10.8. The summed E-state index contributed by atoms with van der Waals surface area (Å²) in [6.45, 7) is 40.0. The summed E-state index contributed by atoms with van der Waals surface area (Å²) in [6, 6.07) is 55.2. The van der Waals surface area contributed by atoms with Gasteiger partial charge in [-0.05, 0) is 164 Å². The minimum absolute atomic E-state index is 0.00553. The zero-order valence-electron chi connectivity index (χ0n) is 49.4. The summed E-state index contributed by atoms with van der Waals surface area (Å²) >= 11 is 1.95. The van der Waals surface area contributed by atoms with Crippen LogP contribution in [0.5, 0.6) is 0 Å². The van der Waals surface area contributed by atoms with Crippen molar-refractivity contribution >= 4 is 101 Å². The van der Waals surface area contributed by atoms with Crippen molar-refractivity contribution in [1.82, 2.24) is 0 Å². The van der Waals surface area contributed by atoms with Crippen LogP contribution < -0.4 is 30.6 Å². The highest BCUT2D eigenvalue weighted by Crippen LogP contribution is 2.65. The van der Waals surface area contributed by atoms with Gasteiger partial charge in [0.05, 0.1) is 16.9 Å². The van der Waals surface area contributed by atoms with E-state index in [2.05, 4.69) is 272 Å². The molecule has 5 heterocycles. The third-order valence-electron chi connectivity index (χ3n) is 18.9. The van der Waals surface area contributed by atoms with E-state index in [4.69, 9.17) is 4.42 Å². The SMILES string of the molecule is CC(C)(C)c1ccc(N2c3cc(N4c5ccc(C(C)(C)C)cc5C5(C)CCc6ccccc6C45C)cc4c3B(c3oc5ccc(C(C)(C)C)cc5c32)c2sc3ccc(C(C)(C)C)cc3c2N4c2ccc(C(C)(C)C)cc2)cc1. The maximum absolute atomic E-state index is 7.55. The standard InChI is InChI=1S/C72H78BN3OS/c1-66(2,3)44-22-29-49(30-23-44)74-57-41-51(76-56-33-26-48(70(13,14)15)40-55(56)71(16)37-36-43-20-18-19-21-54(43)72(71,76)17)42-58-61(57)73(64-62(74)52-38-46(68(7,8)9)27-34-59(52)77-64)65-63(53-39-47(69(10,11)12)28-35-60(53)78-65)75(58)50-31-24-45(25-32-50)67(4,5)6/h18-35,38-42H,36-37H2,1-17H3. The number of thiophene rings is 1. The predicted molar refractivity (Wildman–Crippen MR) is 337 cm³/mol. The summed E-state index contributed by atoms with van der Waals surface area (Å²) in [5.41, 5.74) is 22.9. The van der Waals surface area contributed by atoms with Crippen LogP contribution in [0, 0.1) is 0 Å². The van der Waals surface area contributed by atoms with Crippen LogP contribution in [0.3, 0.4) is 0 Å². The zero-order valence-corrected chi connectivity index (χ0v) is 50.2. The quantitative estimate of drug-likeness (QED) is 0.165. The minimum atomic E-state index is -0.431. The van der Waals surface area contributed by atoms with Gasteiger partial charge >= 0.3 is 6.71 Å². The van der Waals surface area contributed by atoms with Gasteiger partial charge in [-0.2, -0.15) is 0 Å². The van der Waals surface area contributed by atoms with Crippen molar-refractivity contribution in [3.8, 4) is 0 Å². The molecule has 2 unspecified atom stereocenters. The van der Waals surface area contributed by atoms with Crippen LogP contribution in [0.15, 0.2) is 144 Å². The molecule has 1 aliphatic carbocycles. The zero-order chi connectivity index (χ0) is 55.2. The third-order valence-corrected chi connectivity index (χ3v) is 20.1. The molecule has 2 aromatic heterocycles. The van der Waals surface area contributed by atoms with Crippen molar-refractivity contribution in [1.29, 1.82) is 0 Å². The van der Waals surface area contributed by atoms with E-state index < -0.39 is 5.54 Å². The molecule has 0 saturated carbocycles. The molecule has 0 amide bonds. The highest BCUT2D eigenvalue weighted by atomic mass is 32.1. The number of aryl methyl sites for hydroxylation is 1. The van der Waals surface area contributed by atoms with Crippen molar-refractivity contribution in [2.45, 2.75) is 169 Å². The topological polar surface area (TPSA) is 22.9 Å². The van der Waals surface area contributed by atoms with Crippen molar-refractivity contribution < 1.29 is 4.42 Å². The summed E-state index contributed by atoms with van der Waals surface area (Å²) in [6.07, 6.45) is 2.09. The smallest absolute Gasteiger partial charge is 0.309 e. The fraction of sp³-hybridized carbons (Fsp3) is 0.361. The van der Waals surface area contributed by atoms with Crippen molar-refractivity contribution in [3.05, 3.63) is 184 Å². The second kappa shape index (κ2) is 16.5. The van der Waals surface area contributed by atoms with Gasteiger partial charge in [-0.1, -0.05) is 184 Å². The Labute approximate surface area is 469 Å². The van der Waals surface area contributed by atoms with Crippen molar-refractivity contribution in [2.24, 2.45) is 0 Å². The van der Waals surface area contributed by atoms with Crippen LogP contribution in [-0.2, 0) is 44.4 Å². The highest BCUT2D eigenvalue weighted by Gasteiger charge is 2.61. The number of benzene rings is 7. The van der Waals surface area contributed by atoms with Gasteiger partial charge in [-0.15, -0.1) is 11.3 Å². The Balaban J connectivity index is 1.20. The molecule has 0 saturated heterocycles. The molecule has 4 nitrogen and oxygen atoms in total. The number of furan rings is 1. The molecule has 0 fully saturated rings. The summed E-state index contributed by atoms with van der Waals surface area (Å²) in [5.74, 6) is 0. The average Bonchev–Trinajstić information content (AvgIpc) is 1.96. The average molecular weight is 1040 g/mol. The first kappa shape index (κ1) is 51.0. The normalized spacial score (nSPS) is 19.0. The van der Waals surface area contributed by atoms with E-state index in [9.17, 15) is 0 Å². The molecule has 2 atom stereocenters. The molecule has 4 aliphatic rings. The third kappa shape index (κ3) is 7.36. The highest BCUT2D eigenvalue weighted by molar-refractivity contribution is 7.33. The lowest BCUT2D eigenvalue weighted by Gasteiger charge is -2.52. The second-order valence-corrected chi connectivity index (χ2v) is 30.1. The summed E-state index contributed by atoms with van der Waals surface area (Å²) < 4.78 is 10.2. The first-order chi connectivity index (χ1) is 36.6. The predicted octanol–water partition coefficient (Wildman–Crippen LogP) is 18.5. The molecule has 6 heteroatoms. The number of fused-ring (bicyclic) bond motifs is 13. The number of anilines is 8. The van der Waals surface area contributed by atoms with Gasteiger partial charge in [0.2, 0.25) is 0 Å². The maximum atomic E-state index is 7.55. The number of hydrogen-bond acceptors (Lipinski definition) is 5. The van der Waals surface area contributed by atoms with Crippen molar-refractivity contribution in [3.63, 3.8) is 0 Å². The summed E-state index contributed by atoms with van der Waals surface area (Å²) in [4.78, 5) is 8.06. The largest absolute Gasteiger partial charge is 0.468 e. The molecule has 0 bridgehead atoms. The fourth-order valence-electron chi connectivity index (χ4n) is 14.0. The molecular weight excluding hydrogens is 966 g/mol. The van der Waals surface area contributed by atoms with E-state index in [1.54, 1.807) is 0 Å². The van der Waals surface area contributed by atoms with Crippen LogP contribution in [0.2, 0.25) is 0 Å². The molecule has 0 N–H and O–H groups in total. The van der Waals surface area contributed by atoms with E-state index in [1.165, 1.54) is 93.3 Å². The molecule has 78 heavy (non-hydrogen) atoms. The Bertz CT molecular complexity index is 3750. The first-order valence-corrected chi connectivity index (χ1v) is 29.6. The number of hydrogen-bond donors (Lipinski definition) is 0. The molecular formula is C72H78BN3OS. The molecule has 0 radical (unpaired) electrons. The van der Waals surface area contributed by atoms with Gasteiger partial charge in [0, 0.05) is 59.8 Å². The molecule has 396 valence electrons. The van der Waals surface area contributed by atoms with E-state index in [0.717, 1.165) is 46.5 Å². The van der Waals surface area contributed by atoms with Gasteiger partial charge in [0.15, 0.2) is 0 Å². The van der Waals surface area contributed by atoms with Gasteiger partial charge in [0.25, 0.3) is 0 Å². The molecule has 13 rings (SSSR count). The van der Waals surface area contributed by atoms with Crippen LogP contribution in [0.4, 0.5) is 45.5 Å². The van der Waals surface area contributed by atoms with Crippen LogP contribution in [0.25, 0.3) is 21.1 Å². The lowest BCUT2D eigenvalue weighted by molar-refractivity contribution is 0.245. The van der Waals surface area contributed by atoms with Crippen LogP contribution >= 0.6 is 11.3 Å².